The second kappa shape index (κ2) is 7.67. The number of nitrogens with zero attached hydrogens (tertiary/aromatic N) is 5. The van der Waals surface area contributed by atoms with Crippen LogP contribution < -0.4 is 5.56 Å². The zero-order chi connectivity index (χ0) is 19.7. The fourth-order valence-electron chi connectivity index (χ4n) is 3.93. The first-order valence-corrected chi connectivity index (χ1v) is 9.85. The van der Waals surface area contributed by atoms with Gasteiger partial charge in [0.1, 0.15) is 5.69 Å². The van der Waals surface area contributed by atoms with E-state index in [1.165, 1.54) is 11.3 Å². The Bertz CT molecular complexity index is 1040. The van der Waals surface area contributed by atoms with Crippen molar-refractivity contribution in [1.29, 1.82) is 0 Å². The molecule has 4 heterocycles. The molecular weight excluding hydrogens is 352 g/mol. The third-order valence-electron chi connectivity index (χ3n) is 5.56. The van der Waals surface area contributed by atoms with Gasteiger partial charge in [0.25, 0.3) is 5.56 Å². The molecule has 3 aromatic rings. The van der Waals surface area contributed by atoms with Crippen LogP contribution in [0.25, 0.3) is 11.5 Å². The zero-order valence-corrected chi connectivity index (χ0v) is 16.7. The molecule has 7 nitrogen and oxygen atoms in total. The second-order valence-corrected chi connectivity index (χ2v) is 7.30. The van der Waals surface area contributed by atoms with Crippen molar-refractivity contribution in [3.63, 3.8) is 0 Å². The van der Waals surface area contributed by atoms with Crippen molar-refractivity contribution >= 4 is 0 Å². The summed E-state index contributed by atoms with van der Waals surface area (Å²) in [7, 11) is 0. The molecule has 0 radical (unpaired) electrons. The highest BCUT2D eigenvalue weighted by Gasteiger charge is 2.21. The molecule has 3 aromatic heterocycles. The molecule has 0 aromatic carbocycles. The van der Waals surface area contributed by atoms with Crippen LogP contribution in [0, 0.1) is 13.8 Å². The molecule has 1 aliphatic rings. The first-order valence-electron chi connectivity index (χ1n) is 9.85. The van der Waals surface area contributed by atoms with Crippen LogP contribution >= 0.6 is 0 Å². The summed E-state index contributed by atoms with van der Waals surface area (Å²) in [4.78, 5) is 27.0. The van der Waals surface area contributed by atoms with Gasteiger partial charge < -0.3 is 4.98 Å². The number of pyridine rings is 1. The lowest BCUT2D eigenvalue weighted by Gasteiger charge is -2.19. The van der Waals surface area contributed by atoms with Gasteiger partial charge in [0.05, 0.1) is 11.4 Å². The van der Waals surface area contributed by atoms with Gasteiger partial charge in [-0.05, 0) is 39.3 Å². The first-order chi connectivity index (χ1) is 13.6. The van der Waals surface area contributed by atoms with E-state index in [9.17, 15) is 4.79 Å². The quantitative estimate of drug-likeness (QED) is 0.753. The van der Waals surface area contributed by atoms with Crippen LogP contribution in [0.1, 0.15) is 35.1 Å². The Hall–Kier alpha value is -2.80. The highest BCUT2D eigenvalue weighted by molar-refractivity contribution is 5.49. The minimum absolute atomic E-state index is 0.0429. The topological polar surface area (TPSA) is 79.7 Å². The van der Waals surface area contributed by atoms with Crippen molar-refractivity contribution in [3.8, 4) is 11.5 Å². The molecule has 1 N–H and O–H groups in total. The Morgan fingerprint density at radius 1 is 1.18 bits per heavy atom. The number of H-pyrrole nitrogens is 1. The van der Waals surface area contributed by atoms with E-state index in [0.717, 1.165) is 49.6 Å². The van der Waals surface area contributed by atoms with E-state index in [2.05, 4.69) is 45.4 Å². The van der Waals surface area contributed by atoms with Gasteiger partial charge in [-0.2, -0.15) is 5.10 Å². The molecule has 0 saturated heterocycles. The normalized spacial score (nSPS) is 14.7. The maximum Gasteiger partial charge on any atom is 0.254 e. The molecule has 0 saturated carbocycles. The van der Waals surface area contributed by atoms with Gasteiger partial charge in [0.15, 0.2) is 5.82 Å². The van der Waals surface area contributed by atoms with Gasteiger partial charge >= 0.3 is 0 Å². The van der Waals surface area contributed by atoms with E-state index in [4.69, 9.17) is 4.98 Å². The third-order valence-corrected chi connectivity index (χ3v) is 5.56. The maximum absolute atomic E-state index is 12.7. The average Bonchev–Trinajstić information content (AvgIpc) is 2.86. The molecule has 7 heteroatoms. The number of rotatable bonds is 4. The highest BCUT2D eigenvalue weighted by Crippen LogP contribution is 2.19. The van der Waals surface area contributed by atoms with Crippen LogP contribution in [0.5, 0.6) is 0 Å². The predicted octanol–water partition coefficient (Wildman–Crippen LogP) is 2.27. The minimum atomic E-state index is -0.0429. The number of aromatic amines is 1. The standard InChI is InChI=1S/C21H26N6O/c1-4-27-15(3)17(14(2)25-27)13-26-11-8-16-18(9-12-26)23-20(24-21(16)28)19-7-5-6-10-22-19/h5-7,10H,4,8-9,11-13H2,1-3H3,(H,23,24,28). The molecule has 0 fully saturated rings. The number of aryl methyl sites for hydroxylation is 2. The Morgan fingerprint density at radius 3 is 2.71 bits per heavy atom. The van der Waals surface area contributed by atoms with Gasteiger partial charge in [-0.3, -0.25) is 19.4 Å². The molecule has 0 spiro atoms. The number of hydrogen-bond acceptors (Lipinski definition) is 5. The predicted molar refractivity (Wildman–Crippen MR) is 108 cm³/mol. The minimum Gasteiger partial charge on any atom is -0.305 e. The fourth-order valence-corrected chi connectivity index (χ4v) is 3.93. The van der Waals surface area contributed by atoms with Crippen molar-refractivity contribution in [3.05, 3.63) is 63.0 Å². The summed E-state index contributed by atoms with van der Waals surface area (Å²) in [5, 5.41) is 4.63. The van der Waals surface area contributed by atoms with Crippen LogP contribution in [-0.4, -0.2) is 42.7 Å². The molecule has 4 rings (SSSR count). The Morgan fingerprint density at radius 2 is 2.00 bits per heavy atom. The average molecular weight is 378 g/mol. The molecule has 1 aliphatic heterocycles. The largest absolute Gasteiger partial charge is 0.305 e. The van der Waals surface area contributed by atoms with Gasteiger partial charge in [-0.15, -0.1) is 0 Å². The lowest BCUT2D eigenvalue weighted by molar-refractivity contribution is 0.277. The number of hydrogen-bond donors (Lipinski definition) is 1. The van der Waals surface area contributed by atoms with Crippen LogP contribution in [0.2, 0.25) is 0 Å². The summed E-state index contributed by atoms with van der Waals surface area (Å²) in [6, 6.07) is 5.62. The molecule has 0 atom stereocenters. The Kier molecular flexibility index (Phi) is 5.09. The van der Waals surface area contributed by atoms with E-state index in [1.807, 2.05) is 18.2 Å². The summed E-state index contributed by atoms with van der Waals surface area (Å²) in [5.74, 6) is 0.550. The van der Waals surface area contributed by atoms with E-state index in [-0.39, 0.29) is 5.56 Å². The molecule has 28 heavy (non-hydrogen) atoms. The van der Waals surface area contributed by atoms with Crippen molar-refractivity contribution in [2.75, 3.05) is 13.1 Å². The van der Waals surface area contributed by atoms with Crippen LogP contribution in [-0.2, 0) is 25.9 Å². The van der Waals surface area contributed by atoms with Crippen LogP contribution in [0.3, 0.4) is 0 Å². The van der Waals surface area contributed by atoms with Crippen molar-refractivity contribution in [1.82, 2.24) is 29.6 Å². The summed E-state index contributed by atoms with van der Waals surface area (Å²) in [5.41, 5.74) is 5.97. The monoisotopic (exact) mass is 378 g/mol. The van der Waals surface area contributed by atoms with Gasteiger partial charge in [0.2, 0.25) is 0 Å². The third kappa shape index (κ3) is 3.49. The van der Waals surface area contributed by atoms with Gasteiger partial charge in [-0.25, -0.2) is 4.98 Å². The molecule has 0 amide bonds. The Balaban J connectivity index is 1.57. The molecule has 146 valence electrons. The highest BCUT2D eigenvalue weighted by atomic mass is 16.1. The van der Waals surface area contributed by atoms with E-state index >= 15 is 0 Å². The summed E-state index contributed by atoms with van der Waals surface area (Å²) >= 11 is 0. The van der Waals surface area contributed by atoms with Crippen LogP contribution in [0.15, 0.2) is 29.2 Å². The fraction of sp³-hybridized carbons (Fsp3) is 0.429. The second-order valence-electron chi connectivity index (χ2n) is 7.30. The van der Waals surface area contributed by atoms with E-state index in [1.54, 1.807) is 6.20 Å². The molecule has 0 aliphatic carbocycles. The summed E-state index contributed by atoms with van der Waals surface area (Å²) in [6.45, 7) is 9.79. The van der Waals surface area contributed by atoms with Gasteiger partial charge in [-0.1, -0.05) is 6.07 Å². The maximum atomic E-state index is 12.7. The van der Waals surface area contributed by atoms with Crippen molar-refractivity contribution in [2.24, 2.45) is 0 Å². The van der Waals surface area contributed by atoms with E-state index in [0.29, 0.717) is 17.9 Å². The number of nitrogens with one attached hydrogen (secondary N) is 1. The summed E-state index contributed by atoms with van der Waals surface area (Å²) < 4.78 is 2.06. The van der Waals surface area contributed by atoms with E-state index < -0.39 is 0 Å². The first kappa shape index (κ1) is 18.6. The molecule has 0 bridgehead atoms. The summed E-state index contributed by atoms with van der Waals surface area (Å²) in [6.07, 6.45) is 3.18. The smallest absolute Gasteiger partial charge is 0.254 e. The van der Waals surface area contributed by atoms with Crippen molar-refractivity contribution < 1.29 is 0 Å². The Labute approximate surface area is 164 Å². The van der Waals surface area contributed by atoms with Gasteiger partial charge in [0, 0.05) is 55.6 Å². The molecule has 0 unspecified atom stereocenters. The number of fused-ring (bicyclic) bond motifs is 1. The SMILES string of the molecule is CCn1nc(C)c(CN2CCc3nc(-c4ccccn4)[nH]c(=O)c3CC2)c1C. The number of aromatic nitrogens is 5. The zero-order valence-electron chi connectivity index (χ0n) is 16.7. The van der Waals surface area contributed by atoms with Crippen LogP contribution in [0.4, 0.5) is 0 Å². The van der Waals surface area contributed by atoms with Crippen molar-refractivity contribution in [2.45, 2.75) is 46.7 Å². The lowest BCUT2D eigenvalue weighted by atomic mass is 10.1. The molecular formula is C21H26N6O. The lowest BCUT2D eigenvalue weighted by Crippen LogP contribution is -2.27.